The number of fused-ring (bicyclic) bond motifs is 1. The Morgan fingerprint density at radius 3 is 2.76 bits per heavy atom. The lowest BCUT2D eigenvalue weighted by Gasteiger charge is -2.23. The zero-order chi connectivity index (χ0) is 15.0. The first kappa shape index (κ1) is 14.2. The maximum absolute atomic E-state index is 12.2. The molecule has 3 heteroatoms. The normalized spacial score (nSPS) is 25.4. The number of rotatable bonds is 3. The highest BCUT2D eigenvalue weighted by Gasteiger charge is 2.31. The summed E-state index contributed by atoms with van der Waals surface area (Å²) in [6.45, 7) is 4.61. The number of benzene rings is 1. The molecule has 2 aromatic rings. The molecule has 1 heterocycles. The van der Waals surface area contributed by atoms with Crippen LogP contribution in [0.15, 0.2) is 35.1 Å². The second-order valence-corrected chi connectivity index (χ2v) is 6.33. The van der Waals surface area contributed by atoms with Crippen LogP contribution in [0.4, 0.5) is 5.69 Å². The van der Waals surface area contributed by atoms with Crippen molar-refractivity contribution in [2.24, 2.45) is 18.9 Å². The Hall–Kier alpha value is -1.77. The maximum atomic E-state index is 12.2. The molecule has 1 aliphatic carbocycles. The summed E-state index contributed by atoms with van der Waals surface area (Å²) in [4.78, 5) is 12.2. The number of aromatic nitrogens is 1. The van der Waals surface area contributed by atoms with Crippen molar-refractivity contribution in [3.05, 3.63) is 40.7 Å². The van der Waals surface area contributed by atoms with E-state index in [2.05, 4.69) is 25.2 Å². The highest BCUT2D eigenvalue weighted by atomic mass is 16.1. The highest BCUT2D eigenvalue weighted by Crippen LogP contribution is 2.36. The van der Waals surface area contributed by atoms with Crippen molar-refractivity contribution < 1.29 is 0 Å². The zero-order valence-electron chi connectivity index (χ0n) is 13.1. The highest BCUT2D eigenvalue weighted by molar-refractivity contribution is 5.91. The van der Waals surface area contributed by atoms with E-state index in [1.54, 1.807) is 10.6 Å². The standard InChI is InChI=1S/C18H24N2O/c1-4-13-9-10-15(12(13)2)19-16-11-18(21)20(3)17-8-6-5-7-14(16)17/h5-8,11-13,15,19H,4,9-10H2,1-3H3. The van der Waals surface area contributed by atoms with Gasteiger partial charge in [0.05, 0.1) is 5.52 Å². The van der Waals surface area contributed by atoms with Gasteiger partial charge in [-0.15, -0.1) is 0 Å². The summed E-state index contributed by atoms with van der Waals surface area (Å²) >= 11 is 0. The minimum absolute atomic E-state index is 0.0499. The summed E-state index contributed by atoms with van der Waals surface area (Å²) < 4.78 is 1.72. The van der Waals surface area contributed by atoms with Gasteiger partial charge in [0.2, 0.25) is 0 Å². The third kappa shape index (κ3) is 2.45. The van der Waals surface area contributed by atoms with Gasteiger partial charge in [0, 0.05) is 30.2 Å². The lowest BCUT2D eigenvalue weighted by Crippen LogP contribution is -2.26. The number of para-hydroxylation sites is 1. The molecular weight excluding hydrogens is 260 g/mol. The molecule has 1 saturated carbocycles. The Balaban J connectivity index is 1.98. The molecule has 0 spiro atoms. The molecule has 0 bridgehead atoms. The van der Waals surface area contributed by atoms with Crippen LogP contribution in [0.2, 0.25) is 0 Å². The van der Waals surface area contributed by atoms with Gasteiger partial charge in [-0.25, -0.2) is 0 Å². The number of aryl methyl sites for hydroxylation is 1. The van der Waals surface area contributed by atoms with E-state index in [9.17, 15) is 4.79 Å². The quantitative estimate of drug-likeness (QED) is 0.930. The monoisotopic (exact) mass is 284 g/mol. The van der Waals surface area contributed by atoms with E-state index in [-0.39, 0.29) is 5.56 Å². The first-order chi connectivity index (χ1) is 10.1. The maximum Gasteiger partial charge on any atom is 0.252 e. The van der Waals surface area contributed by atoms with Gasteiger partial charge in [-0.1, -0.05) is 38.5 Å². The van der Waals surface area contributed by atoms with Crippen molar-refractivity contribution in [3.8, 4) is 0 Å². The van der Waals surface area contributed by atoms with E-state index in [1.165, 1.54) is 19.3 Å². The summed E-state index contributed by atoms with van der Waals surface area (Å²) in [5.41, 5.74) is 2.03. The topological polar surface area (TPSA) is 34.0 Å². The van der Waals surface area contributed by atoms with Crippen molar-refractivity contribution in [2.75, 3.05) is 5.32 Å². The Bertz CT molecular complexity index is 704. The molecule has 1 aromatic heterocycles. The first-order valence-electron chi connectivity index (χ1n) is 7.97. The van der Waals surface area contributed by atoms with Gasteiger partial charge in [0.1, 0.15) is 0 Å². The summed E-state index contributed by atoms with van der Waals surface area (Å²) in [7, 11) is 1.83. The molecule has 3 unspecified atom stereocenters. The smallest absolute Gasteiger partial charge is 0.252 e. The molecule has 0 amide bonds. The average Bonchev–Trinajstić information content (AvgIpc) is 2.85. The predicted molar refractivity (Wildman–Crippen MR) is 88.8 cm³/mol. The Morgan fingerprint density at radius 1 is 1.29 bits per heavy atom. The molecule has 1 aliphatic rings. The van der Waals surface area contributed by atoms with Gasteiger partial charge in [-0.3, -0.25) is 4.79 Å². The lowest BCUT2D eigenvalue weighted by atomic mass is 9.93. The molecule has 3 atom stereocenters. The summed E-state index contributed by atoms with van der Waals surface area (Å²) in [5.74, 6) is 1.47. The second-order valence-electron chi connectivity index (χ2n) is 6.33. The summed E-state index contributed by atoms with van der Waals surface area (Å²) in [6.07, 6.45) is 3.73. The average molecular weight is 284 g/mol. The number of pyridine rings is 1. The van der Waals surface area contributed by atoms with E-state index in [4.69, 9.17) is 0 Å². The zero-order valence-corrected chi connectivity index (χ0v) is 13.1. The van der Waals surface area contributed by atoms with E-state index in [1.807, 2.05) is 25.2 Å². The molecule has 1 N–H and O–H groups in total. The molecule has 0 radical (unpaired) electrons. The van der Waals surface area contributed by atoms with Crippen LogP contribution in [-0.2, 0) is 7.05 Å². The Kier molecular flexibility index (Phi) is 3.75. The number of anilines is 1. The molecule has 3 nitrogen and oxygen atoms in total. The van der Waals surface area contributed by atoms with Gasteiger partial charge in [0.25, 0.3) is 5.56 Å². The van der Waals surface area contributed by atoms with Crippen molar-refractivity contribution >= 4 is 16.6 Å². The summed E-state index contributed by atoms with van der Waals surface area (Å²) in [6, 6.07) is 10.3. The number of hydrogen-bond donors (Lipinski definition) is 1. The minimum atomic E-state index is 0.0499. The van der Waals surface area contributed by atoms with Crippen LogP contribution in [-0.4, -0.2) is 10.6 Å². The van der Waals surface area contributed by atoms with Crippen molar-refractivity contribution in [2.45, 2.75) is 39.2 Å². The van der Waals surface area contributed by atoms with E-state index >= 15 is 0 Å². The molecule has 1 fully saturated rings. The fraction of sp³-hybridized carbons (Fsp3) is 0.500. The van der Waals surface area contributed by atoms with Crippen LogP contribution in [0.3, 0.4) is 0 Å². The van der Waals surface area contributed by atoms with Gasteiger partial charge < -0.3 is 9.88 Å². The molecule has 3 rings (SSSR count). The Labute approximate surface area is 126 Å². The third-order valence-corrected chi connectivity index (χ3v) is 5.25. The number of nitrogens with zero attached hydrogens (tertiary/aromatic N) is 1. The van der Waals surface area contributed by atoms with Crippen molar-refractivity contribution in [1.29, 1.82) is 0 Å². The Morgan fingerprint density at radius 2 is 2.05 bits per heavy atom. The first-order valence-corrected chi connectivity index (χ1v) is 7.97. The molecule has 112 valence electrons. The van der Waals surface area contributed by atoms with Crippen LogP contribution in [0.1, 0.15) is 33.1 Å². The SMILES string of the molecule is CCC1CCC(Nc2cc(=O)n(C)c3ccccc23)C1C. The second kappa shape index (κ2) is 5.55. The van der Waals surface area contributed by atoms with E-state index in [0.29, 0.717) is 12.0 Å². The van der Waals surface area contributed by atoms with Crippen LogP contribution in [0.5, 0.6) is 0 Å². The van der Waals surface area contributed by atoms with Gasteiger partial charge >= 0.3 is 0 Å². The van der Waals surface area contributed by atoms with E-state index < -0.39 is 0 Å². The van der Waals surface area contributed by atoms with Crippen LogP contribution >= 0.6 is 0 Å². The molecular formula is C18H24N2O. The van der Waals surface area contributed by atoms with Crippen LogP contribution in [0.25, 0.3) is 10.9 Å². The minimum Gasteiger partial charge on any atom is -0.381 e. The fourth-order valence-corrected chi connectivity index (χ4v) is 3.76. The fourth-order valence-electron chi connectivity index (χ4n) is 3.76. The largest absolute Gasteiger partial charge is 0.381 e. The van der Waals surface area contributed by atoms with Crippen LogP contribution < -0.4 is 10.9 Å². The van der Waals surface area contributed by atoms with E-state index in [0.717, 1.165) is 22.5 Å². The van der Waals surface area contributed by atoms with Gasteiger partial charge in [-0.05, 0) is 30.7 Å². The molecule has 0 saturated heterocycles. The molecule has 0 aliphatic heterocycles. The predicted octanol–water partition coefficient (Wildman–Crippen LogP) is 3.78. The third-order valence-electron chi connectivity index (χ3n) is 5.25. The number of hydrogen-bond acceptors (Lipinski definition) is 2. The molecule has 21 heavy (non-hydrogen) atoms. The van der Waals surface area contributed by atoms with Gasteiger partial charge in [-0.2, -0.15) is 0 Å². The van der Waals surface area contributed by atoms with Crippen molar-refractivity contribution in [3.63, 3.8) is 0 Å². The molecule has 1 aromatic carbocycles. The summed E-state index contributed by atoms with van der Waals surface area (Å²) in [5, 5.41) is 4.78. The van der Waals surface area contributed by atoms with Crippen LogP contribution in [0, 0.1) is 11.8 Å². The number of nitrogens with one attached hydrogen (secondary N) is 1. The van der Waals surface area contributed by atoms with Crippen molar-refractivity contribution in [1.82, 2.24) is 4.57 Å². The van der Waals surface area contributed by atoms with Gasteiger partial charge in [0.15, 0.2) is 0 Å². The lowest BCUT2D eigenvalue weighted by molar-refractivity contribution is 0.392.